The first-order valence-corrected chi connectivity index (χ1v) is 7.42. The van der Waals surface area contributed by atoms with Crippen molar-refractivity contribution < 1.29 is 5.11 Å². The minimum absolute atomic E-state index is 0.388. The lowest BCUT2D eigenvalue weighted by Crippen LogP contribution is -2.27. The molecule has 16 heavy (non-hydrogen) atoms. The maximum Gasteiger partial charge on any atom is 0.0459 e. The van der Waals surface area contributed by atoms with Crippen LogP contribution in [0.4, 0.5) is 0 Å². The zero-order valence-corrected chi connectivity index (χ0v) is 10.8. The summed E-state index contributed by atoms with van der Waals surface area (Å²) in [6.07, 6.45) is 13.1. The molecule has 1 N–H and O–H groups in total. The van der Waals surface area contributed by atoms with Crippen LogP contribution in [0.25, 0.3) is 0 Å². The van der Waals surface area contributed by atoms with E-state index in [-0.39, 0.29) is 0 Å². The summed E-state index contributed by atoms with van der Waals surface area (Å²) in [6.45, 7) is 2.60. The average Bonchev–Trinajstić information content (AvgIpc) is 2.39. The fraction of sp³-hybridized carbons (Fsp3) is 1.00. The van der Waals surface area contributed by atoms with Gasteiger partial charge in [0.25, 0.3) is 0 Å². The van der Waals surface area contributed by atoms with Crippen LogP contribution in [0.1, 0.15) is 64.7 Å². The summed E-state index contributed by atoms with van der Waals surface area (Å²) in [5, 5.41) is 9.20. The summed E-state index contributed by atoms with van der Waals surface area (Å²) >= 11 is 0. The van der Waals surface area contributed by atoms with Crippen molar-refractivity contribution in [2.24, 2.45) is 23.7 Å². The average molecular weight is 224 g/mol. The van der Waals surface area contributed by atoms with Gasteiger partial charge >= 0.3 is 0 Å². The van der Waals surface area contributed by atoms with Crippen LogP contribution >= 0.6 is 0 Å². The van der Waals surface area contributed by atoms with Gasteiger partial charge in [0.15, 0.2) is 0 Å². The van der Waals surface area contributed by atoms with Crippen LogP contribution in [-0.2, 0) is 0 Å². The lowest BCUT2D eigenvalue weighted by atomic mass is 9.69. The van der Waals surface area contributed by atoms with Gasteiger partial charge in [-0.1, -0.05) is 39.0 Å². The Kier molecular flexibility index (Phi) is 4.69. The highest BCUT2D eigenvalue weighted by molar-refractivity contribution is 4.81. The van der Waals surface area contributed by atoms with Crippen LogP contribution < -0.4 is 0 Å². The van der Waals surface area contributed by atoms with Gasteiger partial charge in [-0.15, -0.1) is 0 Å². The minimum atomic E-state index is 0.388. The molecule has 2 rings (SSSR count). The highest BCUT2D eigenvalue weighted by Gasteiger charge is 2.30. The standard InChI is InChI=1S/C15H28O/c1-12(11-16)13-7-9-15(10-8-13)14-5-3-2-4-6-14/h12-16H,2-11H2,1H3. The molecule has 1 unspecified atom stereocenters. The Morgan fingerprint density at radius 3 is 2.00 bits per heavy atom. The molecule has 94 valence electrons. The van der Waals surface area contributed by atoms with Crippen molar-refractivity contribution in [3.05, 3.63) is 0 Å². The summed E-state index contributed by atoms with van der Waals surface area (Å²) < 4.78 is 0. The molecule has 2 aliphatic carbocycles. The predicted molar refractivity (Wildman–Crippen MR) is 68.3 cm³/mol. The normalized spacial score (nSPS) is 34.9. The highest BCUT2D eigenvalue weighted by atomic mass is 16.3. The van der Waals surface area contributed by atoms with Crippen LogP contribution in [0, 0.1) is 23.7 Å². The largest absolute Gasteiger partial charge is 0.396 e. The van der Waals surface area contributed by atoms with Gasteiger partial charge in [0.2, 0.25) is 0 Å². The van der Waals surface area contributed by atoms with Crippen molar-refractivity contribution in [2.45, 2.75) is 64.7 Å². The number of hydrogen-bond acceptors (Lipinski definition) is 1. The molecule has 0 aliphatic heterocycles. The van der Waals surface area contributed by atoms with Crippen LogP contribution in [0.3, 0.4) is 0 Å². The molecule has 0 amide bonds. The summed E-state index contributed by atoms with van der Waals surface area (Å²) in [4.78, 5) is 0. The van der Waals surface area contributed by atoms with Gasteiger partial charge in [0, 0.05) is 6.61 Å². The third kappa shape index (κ3) is 3.00. The molecule has 0 radical (unpaired) electrons. The van der Waals surface area contributed by atoms with Crippen molar-refractivity contribution in [3.63, 3.8) is 0 Å². The SMILES string of the molecule is CC(CO)C1CCC(C2CCCCC2)CC1. The van der Waals surface area contributed by atoms with Gasteiger partial charge in [-0.3, -0.25) is 0 Å². The van der Waals surface area contributed by atoms with E-state index in [1.165, 1.54) is 57.8 Å². The summed E-state index contributed by atoms with van der Waals surface area (Å²) in [7, 11) is 0. The third-order valence-corrected chi connectivity index (χ3v) is 5.23. The van der Waals surface area contributed by atoms with E-state index in [4.69, 9.17) is 0 Å². The van der Waals surface area contributed by atoms with Crippen LogP contribution in [0.15, 0.2) is 0 Å². The molecule has 0 bridgehead atoms. The van der Waals surface area contributed by atoms with Crippen molar-refractivity contribution in [3.8, 4) is 0 Å². The summed E-state index contributed by atoms with van der Waals surface area (Å²) in [5.74, 6) is 3.43. The second-order valence-corrected chi connectivity index (χ2v) is 6.23. The second-order valence-electron chi connectivity index (χ2n) is 6.23. The van der Waals surface area contributed by atoms with Gasteiger partial charge in [-0.25, -0.2) is 0 Å². The molecule has 0 aromatic heterocycles. The van der Waals surface area contributed by atoms with E-state index >= 15 is 0 Å². The molecule has 2 fully saturated rings. The Bertz CT molecular complexity index is 188. The molecule has 2 saturated carbocycles. The van der Waals surface area contributed by atoms with E-state index in [1.54, 1.807) is 0 Å². The molecular weight excluding hydrogens is 196 g/mol. The Balaban J connectivity index is 1.75. The summed E-state index contributed by atoms with van der Waals surface area (Å²) in [5.41, 5.74) is 0. The van der Waals surface area contributed by atoms with Crippen LogP contribution in [0.2, 0.25) is 0 Å². The van der Waals surface area contributed by atoms with Gasteiger partial charge in [-0.05, 0) is 49.4 Å². The Morgan fingerprint density at radius 1 is 0.875 bits per heavy atom. The van der Waals surface area contributed by atoms with Gasteiger partial charge in [0.1, 0.15) is 0 Å². The zero-order chi connectivity index (χ0) is 11.4. The molecule has 1 heteroatoms. The first-order valence-electron chi connectivity index (χ1n) is 7.42. The molecule has 1 nitrogen and oxygen atoms in total. The number of aliphatic hydroxyl groups is 1. The molecule has 0 heterocycles. The van der Waals surface area contributed by atoms with E-state index < -0.39 is 0 Å². The zero-order valence-electron chi connectivity index (χ0n) is 10.8. The second kappa shape index (κ2) is 6.05. The summed E-state index contributed by atoms with van der Waals surface area (Å²) in [6, 6.07) is 0. The predicted octanol–water partition coefficient (Wildman–Crippen LogP) is 4.00. The third-order valence-electron chi connectivity index (χ3n) is 5.23. The van der Waals surface area contributed by atoms with Crippen molar-refractivity contribution in [1.29, 1.82) is 0 Å². The Morgan fingerprint density at radius 2 is 1.44 bits per heavy atom. The quantitative estimate of drug-likeness (QED) is 0.768. The van der Waals surface area contributed by atoms with Crippen LogP contribution in [-0.4, -0.2) is 11.7 Å². The van der Waals surface area contributed by atoms with Gasteiger partial charge in [-0.2, -0.15) is 0 Å². The first-order chi connectivity index (χ1) is 7.81. The first kappa shape index (κ1) is 12.4. The van der Waals surface area contributed by atoms with E-state index in [0.717, 1.165) is 17.8 Å². The molecule has 0 aromatic rings. The minimum Gasteiger partial charge on any atom is -0.396 e. The van der Waals surface area contributed by atoms with Gasteiger partial charge < -0.3 is 5.11 Å². The fourth-order valence-electron chi connectivity index (χ4n) is 3.94. The molecule has 0 saturated heterocycles. The van der Waals surface area contributed by atoms with E-state index in [2.05, 4.69) is 6.92 Å². The molecule has 0 aromatic carbocycles. The van der Waals surface area contributed by atoms with Crippen LogP contribution in [0.5, 0.6) is 0 Å². The topological polar surface area (TPSA) is 20.2 Å². The maximum absolute atomic E-state index is 9.20. The molecular formula is C15H28O. The number of rotatable bonds is 3. The van der Waals surface area contributed by atoms with E-state index in [9.17, 15) is 5.11 Å². The lowest BCUT2D eigenvalue weighted by Gasteiger charge is -2.37. The molecule has 2 aliphatic rings. The highest BCUT2D eigenvalue weighted by Crippen LogP contribution is 2.41. The fourth-order valence-corrected chi connectivity index (χ4v) is 3.94. The van der Waals surface area contributed by atoms with Crippen molar-refractivity contribution in [2.75, 3.05) is 6.61 Å². The number of hydrogen-bond donors (Lipinski definition) is 1. The van der Waals surface area contributed by atoms with Crippen molar-refractivity contribution in [1.82, 2.24) is 0 Å². The molecule has 0 spiro atoms. The molecule has 1 atom stereocenters. The number of aliphatic hydroxyl groups excluding tert-OH is 1. The lowest BCUT2D eigenvalue weighted by molar-refractivity contribution is 0.113. The Labute approximate surface area is 101 Å². The monoisotopic (exact) mass is 224 g/mol. The Hall–Kier alpha value is -0.0400. The maximum atomic E-state index is 9.20. The van der Waals surface area contributed by atoms with Gasteiger partial charge in [0.05, 0.1) is 0 Å². The van der Waals surface area contributed by atoms with Crippen molar-refractivity contribution >= 4 is 0 Å². The smallest absolute Gasteiger partial charge is 0.0459 e. The van der Waals surface area contributed by atoms with E-state index in [1.807, 2.05) is 0 Å². The van der Waals surface area contributed by atoms with E-state index in [0.29, 0.717) is 12.5 Å².